The number of pyridine rings is 1. The van der Waals surface area contributed by atoms with Crippen LogP contribution in [0.15, 0.2) is 42.9 Å². The molecule has 2 aromatic heterocycles. The first-order valence-corrected chi connectivity index (χ1v) is 9.55. The lowest BCUT2D eigenvalue weighted by Crippen LogP contribution is -2.32. The quantitative estimate of drug-likeness (QED) is 0.760. The molecule has 0 atom stereocenters. The fraction of sp³-hybridized carbons (Fsp3) is 0.273. The molecule has 1 fully saturated rings. The summed E-state index contributed by atoms with van der Waals surface area (Å²) in [6.07, 6.45) is 6.63. The standard InChI is InChI=1S/C22H19FN4O/c23-19-4-1-13(10-18(19)14-2-3-14)9-15-11-20(27-12-26-15)21-16-5-8-25-22(28)17(16)6-7-24-21/h1,4,6-7,10-12,14H,2-3,5,8-9H2,(H,25,28). The van der Waals surface area contributed by atoms with E-state index >= 15 is 0 Å². The largest absolute Gasteiger partial charge is 0.352 e. The molecule has 0 saturated heterocycles. The van der Waals surface area contributed by atoms with Crippen molar-refractivity contribution in [2.24, 2.45) is 0 Å². The van der Waals surface area contributed by atoms with Gasteiger partial charge in [-0.1, -0.05) is 12.1 Å². The topological polar surface area (TPSA) is 67.8 Å². The summed E-state index contributed by atoms with van der Waals surface area (Å²) >= 11 is 0. The van der Waals surface area contributed by atoms with Crippen molar-refractivity contribution in [3.8, 4) is 11.4 Å². The third-order valence-corrected chi connectivity index (χ3v) is 5.39. The van der Waals surface area contributed by atoms with Crippen LogP contribution in [0.4, 0.5) is 4.39 Å². The Balaban J connectivity index is 1.47. The first-order chi connectivity index (χ1) is 13.7. The van der Waals surface area contributed by atoms with Crippen molar-refractivity contribution in [2.45, 2.75) is 31.6 Å². The summed E-state index contributed by atoms with van der Waals surface area (Å²) in [5.41, 5.74) is 5.72. The molecule has 1 aromatic carbocycles. The number of nitrogens with one attached hydrogen (secondary N) is 1. The van der Waals surface area contributed by atoms with E-state index in [4.69, 9.17) is 0 Å². The number of fused-ring (bicyclic) bond motifs is 1. The van der Waals surface area contributed by atoms with Gasteiger partial charge in [-0.2, -0.15) is 0 Å². The Bertz CT molecular complexity index is 1080. The molecule has 140 valence electrons. The highest BCUT2D eigenvalue weighted by Crippen LogP contribution is 2.41. The van der Waals surface area contributed by atoms with Crippen LogP contribution in [0.5, 0.6) is 0 Å². The fourth-order valence-corrected chi connectivity index (χ4v) is 3.82. The van der Waals surface area contributed by atoms with Gasteiger partial charge in [-0.3, -0.25) is 9.78 Å². The first-order valence-electron chi connectivity index (χ1n) is 9.55. The minimum Gasteiger partial charge on any atom is -0.352 e. The van der Waals surface area contributed by atoms with Crippen molar-refractivity contribution in [1.29, 1.82) is 0 Å². The molecule has 1 aliphatic carbocycles. The fourth-order valence-electron chi connectivity index (χ4n) is 3.82. The maximum absolute atomic E-state index is 14.0. The van der Waals surface area contributed by atoms with E-state index in [0.29, 0.717) is 30.1 Å². The Morgan fingerprint density at radius 1 is 1.11 bits per heavy atom. The van der Waals surface area contributed by atoms with Crippen molar-refractivity contribution >= 4 is 5.91 Å². The first kappa shape index (κ1) is 17.0. The number of rotatable bonds is 4. The molecule has 0 radical (unpaired) electrons. The van der Waals surface area contributed by atoms with Gasteiger partial charge in [0.1, 0.15) is 12.1 Å². The Labute approximate surface area is 162 Å². The van der Waals surface area contributed by atoms with E-state index in [9.17, 15) is 9.18 Å². The van der Waals surface area contributed by atoms with Crippen LogP contribution in [0, 0.1) is 5.82 Å². The van der Waals surface area contributed by atoms with E-state index in [1.54, 1.807) is 18.3 Å². The average Bonchev–Trinajstić information content (AvgIpc) is 3.55. The summed E-state index contributed by atoms with van der Waals surface area (Å²) in [5.74, 6) is 0.179. The number of amides is 1. The van der Waals surface area contributed by atoms with Crippen molar-refractivity contribution in [3.63, 3.8) is 0 Å². The normalized spacial score (nSPS) is 15.8. The van der Waals surface area contributed by atoms with Crippen molar-refractivity contribution in [2.75, 3.05) is 6.54 Å². The van der Waals surface area contributed by atoms with Gasteiger partial charge in [0.25, 0.3) is 5.91 Å². The van der Waals surface area contributed by atoms with E-state index in [2.05, 4.69) is 20.3 Å². The van der Waals surface area contributed by atoms with E-state index < -0.39 is 0 Å². The summed E-state index contributed by atoms with van der Waals surface area (Å²) < 4.78 is 14.0. The molecule has 1 N–H and O–H groups in total. The second kappa shape index (κ2) is 6.78. The van der Waals surface area contributed by atoms with Crippen LogP contribution in [0.25, 0.3) is 11.4 Å². The number of benzene rings is 1. The summed E-state index contributed by atoms with van der Waals surface area (Å²) in [4.78, 5) is 25.4. The van der Waals surface area contributed by atoms with Gasteiger partial charge in [-0.15, -0.1) is 0 Å². The molecule has 1 aliphatic heterocycles. The second-order valence-corrected chi connectivity index (χ2v) is 7.39. The number of aromatic nitrogens is 3. The highest BCUT2D eigenvalue weighted by molar-refractivity contribution is 5.98. The zero-order chi connectivity index (χ0) is 19.1. The number of carbonyl (C=O) groups is 1. The third kappa shape index (κ3) is 3.15. The molecule has 0 unspecified atom stereocenters. The predicted molar refractivity (Wildman–Crippen MR) is 102 cm³/mol. The van der Waals surface area contributed by atoms with Crippen LogP contribution in [0.3, 0.4) is 0 Å². The van der Waals surface area contributed by atoms with Gasteiger partial charge < -0.3 is 5.32 Å². The Kier molecular flexibility index (Phi) is 4.11. The van der Waals surface area contributed by atoms with Crippen LogP contribution in [0.2, 0.25) is 0 Å². The molecule has 0 spiro atoms. The smallest absolute Gasteiger partial charge is 0.251 e. The lowest BCUT2D eigenvalue weighted by atomic mass is 9.97. The van der Waals surface area contributed by atoms with Crippen molar-refractivity contribution in [1.82, 2.24) is 20.3 Å². The minimum atomic E-state index is -0.118. The third-order valence-electron chi connectivity index (χ3n) is 5.39. The zero-order valence-electron chi connectivity index (χ0n) is 15.3. The summed E-state index contributed by atoms with van der Waals surface area (Å²) in [5, 5.41) is 2.85. The van der Waals surface area contributed by atoms with Gasteiger partial charge in [-0.25, -0.2) is 14.4 Å². The Morgan fingerprint density at radius 2 is 2.00 bits per heavy atom. The minimum absolute atomic E-state index is 0.0712. The maximum atomic E-state index is 14.0. The van der Waals surface area contributed by atoms with Gasteiger partial charge in [0.2, 0.25) is 0 Å². The molecule has 3 aromatic rings. The number of nitrogens with zero attached hydrogens (tertiary/aromatic N) is 3. The van der Waals surface area contributed by atoms with E-state index in [0.717, 1.165) is 47.3 Å². The van der Waals surface area contributed by atoms with Crippen LogP contribution in [0.1, 0.15) is 51.5 Å². The Morgan fingerprint density at radius 3 is 2.86 bits per heavy atom. The van der Waals surface area contributed by atoms with E-state index in [-0.39, 0.29) is 11.7 Å². The molecule has 28 heavy (non-hydrogen) atoms. The van der Waals surface area contributed by atoms with Crippen LogP contribution in [-0.2, 0) is 12.8 Å². The highest BCUT2D eigenvalue weighted by atomic mass is 19.1. The molecule has 3 heterocycles. The lowest BCUT2D eigenvalue weighted by Gasteiger charge is -2.18. The van der Waals surface area contributed by atoms with Crippen molar-refractivity contribution < 1.29 is 9.18 Å². The highest BCUT2D eigenvalue weighted by Gasteiger charge is 2.26. The molecular weight excluding hydrogens is 355 g/mol. The summed E-state index contributed by atoms with van der Waals surface area (Å²) in [7, 11) is 0. The van der Waals surface area contributed by atoms with Gasteiger partial charge in [0.05, 0.1) is 11.4 Å². The summed E-state index contributed by atoms with van der Waals surface area (Å²) in [6, 6.07) is 8.99. The van der Waals surface area contributed by atoms with Crippen molar-refractivity contribution in [3.05, 3.63) is 76.6 Å². The molecular formula is C22H19FN4O. The lowest BCUT2D eigenvalue weighted by molar-refractivity contribution is 0.0946. The molecule has 5 rings (SSSR count). The van der Waals surface area contributed by atoms with Crippen LogP contribution >= 0.6 is 0 Å². The number of carbonyl (C=O) groups excluding carboxylic acids is 1. The van der Waals surface area contributed by atoms with Gasteiger partial charge >= 0.3 is 0 Å². The van der Waals surface area contributed by atoms with Crippen LogP contribution in [-0.4, -0.2) is 27.4 Å². The summed E-state index contributed by atoms with van der Waals surface area (Å²) in [6.45, 7) is 0.599. The van der Waals surface area contributed by atoms with Gasteiger partial charge in [0.15, 0.2) is 0 Å². The SMILES string of the molecule is O=C1NCCc2c1ccnc2-c1cc(Cc2ccc(F)c(C3CC3)c2)ncn1. The molecule has 1 amide bonds. The molecule has 5 nitrogen and oxygen atoms in total. The molecule has 0 bridgehead atoms. The Hall–Kier alpha value is -3.15. The number of halogens is 1. The van der Waals surface area contributed by atoms with Gasteiger partial charge in [-0.05, 0) is 60.1 Å². The van der Waals surface area contributed by atoms with E-state index in [1.807, 2.05) is 18.2 Å². The molecule has 2 aliphatic rings. The number of hydrogen-bond acceptors (Lipinski definition) is 4. The maximum Gasteiger partial charge on any atom is 0.251 e. The average molecular weight is 374 g/mol. The van der Waals surface area contributed by atoms with E-state index in [1.165, 1.54) is 6.33 Å². The van der Waals surface area contributed by atoms with Gasteiger partial charge in [0, 0.05) is 30.4 Å². The number of hydrogen-bond donors (Lipinski definition) is 1. The van der Waals surface area contributed by atoms with Crippen LogP contribution < -0.4 is 5.32 Å². The monoisotopic (exact) mass is 374 g/mol. The molecule has 1 saturated carbocycles. The zero-order valence-corrected chi connectivity index (χ0v) is 15.3. The molecule has 6 heteroatoms. The second-order valence-electron chi connectivity index (χ2n) is 7.39. The predicted octanol–water partition coefficient (Wildman–Crippen LogP) is 3.43.